The van der Waals surface area contributed by atoms with Crippen molar-refractivity contribution in [2.75, 3.05) is 11.4 Å². The van der Waals surface area contributed by atoms with Gasteiger partial charge in [-0.25, -0.2) is 4.98 Å². The summed E-state index contributed by atoms with van der Waals surface area (Å²) in [6, 6.07) is 1.66. The normalized spacial score (nSPS) is 11.1. The van der Waals surface area contributed by atoms with Gasteiger partial charge in [0.2, 0.25) is 5.82 Å². The van der Waals surface area contributed by atoms with Crippen molar-refractivity contribution in [1.29, 1.82) is 0 Å². The first-order valence-corrected chi connectivity index (χ1v) is 6.68. The van der Waals surface area contributed by atoms with E-state index in [-0.39, 0.29) is 16.7 Å². The van der Waals surface area contributed by atoms with Crippen LogP contribution in [0.2, 0.25) is 0 Å². The Labute approximate surface area is 115 Å². The van der Waals surface area contributed by atoms with Gasteiger partial charge in [-0.15, -0.1) is 0 Å². The number of hydrogen-bond donors (Lipinski definition) is 0. The molecule has 1 aromatic rings. The quantitative estimate of drug-likeness (QED) is 0.615. The molecule has 0 bridgehead atoms. The number of rotatable bonds is 5. The predicted octanol–water partition coefficient (Wildman–Crippen LogP) is 3.62. The molecular formula is C12H18BrN3O2. The maximum absolute atomic E-state index is 11.1. The first-order chi connectivity index (χ1) is 8.32. The highest BCUT2D eigenvalue weighted by Crippen LogP contribution is 2.30. The van der Waals surface area contributed by atoms with Crippen molar-refractivity contribution in [2.45, 2.75) is 33.7 Å². The SMILES string of the molecule is CC(C)CN(c1ncc(Br)cc1[N+](=O)[O-])C(C)C. The van der Waals surface area contributed by atoms with Crippen LogP contribution in [-0.2, 0) is 0 Å². The zero-order chi connectivity index (χ0) is 13.9. The second kappa shape index (κ2) is 6.13. The van der Waals surface area contributed by atoms with E-state index in [0.717, 1.165) is 6.54 Å². The van der Waals surface area contributed by atoms with Crippen LogP contribution in [0.15, 0.2) is 16.7 Å². The molecule has 0 saturated carbocycles. The Morgan fingerprint density at radius 1 is 1.44 bits per heavy atom. The fourth-order valence-corrected chi connectivity index (χ4v) is 2.03. The first kappa shape index (κ1) is 14.9. The van der Waals surface area contributed by atoms with E-state index >= 15 is 0 Å². The number of nitro groups is 1. The van der Waals surface area contributed by atoms with Crippen LogP contribution in [0, 0.1) is 16.0 Å². The minimum absolute atomic E-state index is 0.0405. The summed E-state index contributed by atoms with van der Waals surface area (Å²) in [5.41, 5.74) is 0.0405. The lowest BCUT2D eigenvalue weighted by Gasteiger charge is -2.29. The van der Waals surface area contributed by atoms with Gasteiger partial charge in [0.25, 0.3) is 0 Å². The molecule has 0 aliphatic rings. The van der Waals surface area contributed by atoms with Crippen LogP contribution in [0.5, 0.6) is 0 Å². The number of nitrogens with zero attached hydrogens (tertiary/aromatic N) is 3. The second-order valence-corrected chi connectivity index (χ2v) is 5.81. The Bertz CT molecular complexity index is 435. The maximum atomic E-state index is 11.1. The van der Waals surface area contributed by atoms with Gasteiger partial charge < -0.3 is 4.90 Å². The number of hydrogen-bond acceptors (Lipinski definition) is 4. The first-order valence-electron chi connectivity index (χ1n) is 5.89. The molecule has 100 valence electrons. The highest BCUT2D eigenvalue weighted by molar-refractivity contribution is 9.10. The molecule has 1 rings (SSSR count). The Balaban J connectivity index is 3.22. The third-order valence-corrected chi connectivity index (χ3v) is 2.90. The Kier molecular flexibility index (Phi) is 5.07. The molecule has 0 fully saturated rings. The molecule has 5 nitrogen and oxygen atoms in total. The van der Waals surface area contributed by atoms with E-state index in [1.807, 2.05) is 18.7 Å². The summed E-state index contributed by atoms with van der Waals surface area (Å²) in [5, 5.41) is 11.1. The van der Waals surface area contributed by atoms with Gasteiger partial charge in [0.15, 0.2) is 0 Å². The van der Waals surface area contributed by atoms with E-state index < -0.39 is 0 Å². The minimum atomic E-state index is -0.386. The molecule has 0 unspecified atom stereocenters. The van der Waals surface area contributed by atoms with Crippen LogP contribution >= 0.6 is 15.9 Å². The number of halogens is 1. The summed E-state index contributed by atoms with van der Waals surface area (Å²) >= 11 is 3.22. The van der Waals surface area contributed by atoms with Gasteiger partial charge in [0.1, 0.15) is 0 Å². The monoisotopic (exact) mass is 315 g/mol. The van der Waals surface area contributed by atoms with Crippen LogP contribution in [0.25, 0.3) is 0 Å². The molecule has 0 spiro atoms. The predicted molar refractivity (Wildman–Crippen MR) is 75.9 cm³/mol. The summed E-state index contributed by atoms with van der Waals surface area (Å²) < 4.78 is 0.617. The lowest BCUT2D eigenvalue weighted by atomic mass is 10.1. The molecule has 0 aliphatic carbocycles. The molecule has 0 radical (unpaired) electrons. The van der Waals surface area contributed by atoms with Crippen LogP contribution in [-0.4, -0.2) is 22.5 Å². The molecule has 18 heavy (non-hydrogen) atoms. The Morgan fingerprint density at radius 3 is 2.50 bits per heavy atom. The zero-order valence-corrected chi connectivity index (χ0v) is 12.6. The third-order valence-electron chi connectivity index (χ3n) is 2.47. The number of anilines is 1. The lowest BCUT2D eigenvalue weighted by Crippen LogP contribution is -2.35. The van der Waals surface area contributed by atoms with E-state index in [1.165, 1.54) is 6.07 Å². The van der Waals surface area contributed by atoms with Gasteiger partial charge in [-0.2, -0.15) is 0 Å². The molecular weight excluding hydrogens is 298 g/mol. The largest absolute Gasteiger partial charge is 0.348 e. The molecule has 6 heteroatoms. The fraction of sp³-hybridized carbons (Fsp3) is 0.583. The topological polar surface area (TPSA) is 59.3 Å². The van der Waals surface area contributed by atoms with Gasteiger partial charge in [0.05, 0.1) is 4.92 Å². The highest BCUT2D eigenvalue weighted by atomic mass is 79.9. The van der Waals surface area contributed by atoms with E-state index in [1.54, 1.807) is 6.20 Å². The summed E-state index contributed by atoms with van der Waals surface area (Å²) in [5.74, 6) is 0.851. The number of pyridine rings is 1. The minimum Gasteiger partial charge on any atom is -0.348 e. The average molecular weight is 316 g/mol. The van der Waals surface area contributed by atoms with Crippen molar-refractivity contribution >= 4 is 27.4 Å². The van der Waals surface area contributed by atoms with Crippen LogP contribution in [0.1, 0.15) is 27.7 Å². The molecule has 0 aliphatic heterocycles. The third kappa shape index (κ3) is 3.66. The van der Waals surface area contributed by atoms with Crippen molar-refractivity contribution in [3.63, 3.8) is 0 Å². The van der Waals surface area contributed by atoms with Crippen molar-refractivity contribution in [2.24, 2.45) is 5.92 Å². The van der Waals surface area contributed by atoms with Crippen LogP contribution in [0.3, 0.4) is 0 Å². The van der Waals surface area contributed by atoms with E-state index in [2.05, 4.69) is 34.8 Å². The maximum Gasteiger partial charge on any atom is 0.312 e. The van der Waals surface area contributed by atoms with Gasteiger partial charge in [-0.3, -0.25) is 10.1 Å². The second-order valence-electron chi connectivity index (χ2n) is 4.89. The van der Waals surface area contributed by atoms with E-state index in [4.69, 9.17) is 0 Å². The van der Waals surface area contributed by atoms with Gasteiger partial charge >= 0.3 is 5.69 Å². The summed E-state index contributed by atoms with van der Waals surface area (Å²) in [6.45, 7) is 8.93. The molecule has 0 saturated heterocycles. The van der Waals surface area contributed by atoms with E-state index in [0.29, 0.717) is 16.2 Å². The van der Waals surface area contributed by atoms with Crippen molar-refractivity contribution in [1.82, 2.24) is 4.98 Å². The van der Waals surface area contributed by atoms with Crippen molar-refractivity contribution in [3.05, 3.63) is 26.9 Å². The standard InChI is InChI=1S/C12H18BrN3O2/c1-8(2)7-15(9(3)4)12-11(16(17)18)5-10(13)6-14-12/h5-6,8-9H,7H2,1-4H3. The molecule has 1 aromatic heterocycles. The smallest absolute Gasteiger partial charge is 0.312 e. The molecule has 1 heterocycles. The fourth-order valence-electron chi connectivity index (χ4n) is 1.71. The molecule has 0 atom stereocenters. The zero-order valence-electron chi connectivity index (χ0n) is 11.1. The van der Waals surface area contributed by atoms with Crippen LogP contribution < -0.4 is 4.90 Å². The van der Waals surface area contributed by atoms with Crippen LogP contribution in [0.4, 0.5) is 11.5 Å². The van der Waals surface area contributed by atoms with Crippen molar-refractivity contribution < 1.29 is 4.92 Å². The summed E-state index contributed by atoms with van der Waals surface area (Å²) in [4.78, 5) is 16.9. The molecule has 0 amide bonds. The lowest BCUT2D eigenvalue weighted by molar-refractivity contribution is -0.384. The number of aromatic nitrogens is 1. The molecule has 0 N–H and O–H groups in total. The Hall–Kier alpha value is -1.17. The van der Waals surface area contributed by atoms with Gasteiger partial charge in [0, 0.05) is 29.3 Å². The van der Waals surface area contributed by atoms with Gasteiger partial charge in [-0.1, -0.05) is 13.8 Å². The summed E-state index contributed by atoms with van der Waals surface area (Å²) in [6.07, 6.45) is 1.60. The average Bonchev–Trinajstić information content (AvgIpc) is 2.25. The van der Waals surface area contributed by atoms with E-state index in [9.17, 15) is 10.1 Å². The Morgan fingerprint density at radius 2 is 2.06 bits per heavy atom. The van der Waals surface area contributed by atoms with Gasteiger partial charge in [-0.05, 0) is 35.7 Å². The summed E-state index contributed by atoms with van der Waals surface area (Å²) in [7, 11) is 0. The molecule has 0 aromatic carbocycles. The highest BCUT2D eigenvalue weighted by Gasteiger charge is 2.24. The van der Waals surface area contributed by atoms with Crippen molar-refractivity contribution in [3.8, 4) is 0 Å².